The lowest BCUT2D eigenvalue weighted by atomic mass is 9.94. The molecule has 2 aliphatic heterocycles. The van der Waals surface area contributed by atoms with Crippen LogP contribution in [0, 0.1) is 13.8 Å². The molecule has 2 N–H and O–H groups in total. The summed E-state index contributed by atoms with van der Waals surface area (Å²) in [5, 5.41) is 11.4. The number of amides is 1. The van der Waals surface area contributed by atoms with Crippen molar-refractivity contribution < 1.29 is 29.0 Å². The molecule has 1 aromatic carbocycles. The van der Waals surface area contributed by atoms with Crippen LogP contribution in [-0.4, -0.2) is 84.1 Å². The summed E-state index contributed by atoms with van der Waals surface area (Å²) in [6.07, 6.45) is 0.686. The highest BCUT2D eigenvalue weighted by molar-refractivity contribution is 6.46. The van der Waals surface area contributed by atoms with E-state index in [0.717, 1.165) is 25.2 Å². The molecule has 2 aliphatic rings. The number of aliphatic hydroxyl groups is 1. The summed E-state index contributed by atoms with van der Waals surface area (Å²) >= 11 is 0. The zero-order valence-corrected chi connectivity index (χ0v) is 20.3. The number of H-pyrrole nitrogens is 1. The van der Waals surface area contributed by atoms with Gasteiger partial charge in [-0.05, 0) is 31.4 Å². The molecule has 1 amide bonds. The Balaban J connectivity index is 1.72. The van der Waals surface area contributed by atoms with E-state index in [0.29, 0.717) is 43.0 Å². The number of rotatable bonds is 7. The molecule has 35 heavy (non-hydrogen) atoms. The zero-order valence-electron chi connectivity index (χ0n) is 20.3. The van der Waals surface area contributed by atoms with E-state index in [9.17, 15) is 19.5 Å². The van der Waals surface area contributed by atoms with Crippen molar-refractivity contribution >= 4 is 23.4 Å². The van der Waals surface area contributed by atoms with Gasteiger partial charge < -0.3 is 24.5 Å². The number of hydrogen-bond donors (Lipinski definition) is 2. The number of Topliss-reactive ketones (excluding diaryl/α,β-unsaturated/α-hetero) is 1. The molecule has 9 heteroatoms. The van der Waals surface area contributed by atoms with Gasteiger partial charge in [-0.2, -0.15) is 0 Å². The molecular formula is C26H31N3O6. The number of aryl methyl sites for hydroxylation is 1. The number of nitrogens with one attached hydrogen (secondary N) is 1. The summed E-state index contributed by atoms with van der Waals surface area (Å²) < 4.78 is 10.2. The molecular weight excluding hydrogens is 450 g/mol. The summed E-state index contributed by atoms with van der Waals surface area (Å²) in [6, 6.07) is 8.50. The molecule has 0 bridgehead atoms. The third kappa shape index (κ3) is 4.74. The molecule has 0 saturated carbocycles. The Labute approximate surface area is 204 Å². The number of esters is 1. The van der Waals surface area contributed by atoms with Crippen LogP contribution >= 0.6 is 0 Å². The highest BCUT2D eigenvalue weighted by Gasteiger charge is 2.46. The maximum absolute atomic E-state index is 13.3. The number of carbonyl (C=O) groups is 3. The molecule has 0 radical (unpaired) electrons. The van der Waals surface area contributed by atoms with Crippen molar-refractivity contribution in [3.8, 4) is 0 Å². The minimum atomic E-state index is -0.734. The quantitative estimate of drug-likeness (QED) is 0.271. The molecule has 2 aromatic rings. The highest BCUT2D eigenvalue weighted by atomic mass is 16.5. The van der Waals surface area contributed by atoms with E-state index < -0.39 is 23.7 Å². The predicted molar refractivity (Wildman–Crippen MR) is 129 cm³/mol. The van der Waals surface area contributed by atoms with Crippen LogP contribution < -0.4 is 0 Å². The minimum Gasteiger partial charge on any atom is -0.507 e. The fraction of sp³-hybridized carbons (Fsp3) is 0.423. The van der Waals surface area contributed by atoms with Gasteiger partial charge in [0.15, 0.2) is 0 Å². The lowest BCUT2D eigenvalue weighted by Gasteiger charge is -2.29. The van der Waals surface area contributed by atoms with Crippen molar-refractivity contribution in [3.05, 3.63) is 64.0 Å². The van der Waals surface area contributed by atoms with Gasteiger partial charge in [-0.3, -0.25) is 14.5 Å². The third-order valence-electron chi connectivity index (χ3n) is 6.70. The smallest absolute Gasteiger partial charge is 0.354 e. The van der Waals surface area contributed by atoms with Crippen LogP contribution in [0.3, 0.4) is 0 Å². The predicted octanol–water partition coefficient (Wildman–Crippen LogP) is 2.56. The number of nitrogens with zero attached hydrogens (tertiary/aromatic N) is 2. The Kier molecular flexibility index (Phi) is 7.37. The fourth-order valence-corrected chi connectivity index (χ4v) is 4.93. The third-order valence-corrected chi connectivity index (χ3v) is 6.70. The summed E-state index contributed by atoms with van der Waals surface area (Å²) in [5.74, 6) is -2.24. The average molecular weight is 482 g/mol. The second-order valence-electron chi connectivity index (χ2n) is 8.83. The van der Waals surface area contributed by atoms with Gasteiger partial charge in [0.25, 0.3) is 11.7 Å². The normalized spacial score (nSPS) is 20.4. The Bertz CT molecular complexity index is 1150. The standard InChI is InChI=1S/C26H31N3O6/c1-16-19(17(2)27-21(16)26(33)34-3)23(30)20-22(18-8-5-4-6-9-18)29(25(32)24(20)31)11-7-10-28-12-14-35-15-13-28/h4-6,8-9,22,27,30H,7,10-15H2,1-3H3/b23-20+/t22-/m0/s1. The molecule has 2 saturated heterocycles. The van der Waals surface area contributed by atoms with Gasteiger partial charge in [-0.15, -0.1) is 0 Å². The Morgan fingerprint density at radius 3 is 2.49 bits per heavy atom. The number of benzene rings is 1. The molecule has 4 rings (SSSR count). The maximum atomic E-state index is 13.3. The second-order valence-corrected chi connectivity index (χ2v) is 8.83. The maximum Gasteiger partial charge on any atom is 0.354 e. The molecule has 1 aromatic heterocycles. The largest absolute Gasteiger partial charge is 0.507 e. The van der Waals surface area contributed by atoms with E-state index in [1.165, 1.54) is 7.11 Å². The number of ketones is 1. The zero-order chi connectivity index (χ0) is 25.1. The van der Waals surface area contributed by atoms with Crippen molar-refractivity contribution in [3.63, 3.8) is 0 Å². The van der Waals surface area contributed by atoms with Crippen LogP contribution in [0.5, 0.6) is 0 Å². The van der Waals surface area contributed by atoms with Crippen molar-refractivity contribution in [2.24, 2.45) is 0 Å². The minimum absolute atomic E-state index is 0.0224. The van der Waals surface area contributed by atoms with Crippen LogP contribution in [0.2, 0.25) is 0 Å². The summed E-state index contributed by atoms with van der Waals surface area (Å²) in [5.41, 5.74) is 2.25. The van der Waals surface area contributed by atoms with Gasteiger partial charge >= 0.3 is 5.97 Å². The van der Waals surface area contributed by atoms with Crippen molar-refractivity contribution in [1.29, 1.82) is 0 Å². The molecule has 3 heterocycles. The Morgan fingerprint density at radius 1 is 1.14 bits per heavy atom. The van der Waals surface area contributed by atoms with E-state index in [4.69, 9.17) is 9.47 Å². The van der Waals surface area contributed by atoms with Gasteiger partial charge in [0.1, 0.15) is 11.5 Å². The molecule has 0 unspecified atom stereocenters. The summed E-state index contributed by atoms with van der Waals surface area (Å²) in [4.78, 5) is 45.3. The van der Waals surface area contributed by atoms with Crippen molar-refractivity contribution in [2.45, 2.75) is 26.3 Å². The summed E-state index contributed by atoms with van der Waals surface area (Å²) in [6.45, 7) is 7.59. The first-order valence-corrected chi connectivity index (χ1v) is 11.8. The van der Waals surface area contributed by atoms with Crippen LogP contribution in [0.25, 0.3) is 5.76 Å². The Morgan fingerprint density at radius 2 is 1.83 bits per heavy atom. The van der Waals surface area contributed by atoms with Gasteiger partial charge in [-0.25, -0.2) is 4.79 Å². The number of carbonyl (C=O) groups excluding carboxylic acids is 3. The van der Waals surface area contributed by atoms with Gasteiger partial charge in [0, 0.05) is 37.4 Å². The van der Waals surface area contributed by atoms with Gasteiger partial charge in [0.2, 0.25) is 0 Å². The average Bonchev–Trinajstić information content (AvgIpc) is 3.31. The summed E-state index contributed by atoms with van der Waals surface area (Å²) in [7, 11) is 1.27. The van der Waals surface area contributed by atoms with Crippen molar-refractivity contribution in [1.82, 2.24) is 14.8 Å². The van der Waals surface area contributed by atoms with E-state index in [1.54, 1.807) is 18.7 Å². The topological polar surface area (TPSA) is 112 Å². The van der Waals surface area contributed by atoms with E-state index >= 15 is 0 Å². The Hall–Kier alpha value is -3.43. The molecule has 186 valence electrons. The van der Waals surface area contributed by atoms with E-state index in [1.807, 2.05) is 30.3 Å². The SMILES string of the molecule is COC(=O)c1[nH]c(C)c(/C(O)=C2\C(=O)C(=O)N(CCCN3CCOCC3)[C@H]2c2ccccc2)c1C. The first kappa shape index (κ1) is 24.7. The number of aromatic nitrogens is 1. The number of aliphatic hydroxyl groups excluding tert-OH is 1. The number of ether oxygens (including phenoxy) is 2. The van der Waals surface area contributed by atoms with Gasteiger partial charge in [0.05, 0.1) is 31.9 Å². The lowest BCUT2D eigenvalue weighted by Crippen LogP contribution is -2.38. The van der Waals surface area contributed by atoms with Crippen LogP contribution in [0.4, 0.5) is 0 Å². The van der Waals surface area contributed by atoms with Crippen LogP contribution in [0.1, 0.15) is 45.3 Å². The van der Waals surface area contributed by atoms with Crippen LogP contribution in [0.15, 0.2) is 35.9 Å². The number of morpholine rings is 1. The molecule has 9 nitrogen and oxygen atoms in total. The fourth-order valence-electron chi connectivity index (χ4n) is 4.93. The van der Waals surface area contributed by atoms with E-state index in [-0.39, 0.29) is 17.0 Å². The first-order chi connectivity index (χ1) is 16.8. The van der Waals surface area contributed by atoms with Crippen molar-refractivity contribution in [2.75, 3.05) is 46.5 Å². The molecule has 0 spiro atoms. The highest BCUT2D eigenvalue weighted by Crippen LogP contribution is 2.40. The number of likely N-dealkylation sites (tertiary alicyclic amines) is 1. The van der Waals surface area contributed by atoms with Gasteiger partial charge in [-0.1, -0.05) is 30.3 Å². The molecule has 1 atom stereocenters. The number of hydrogen-bond acceptors (Lipinski definition) is 7. The lowest BCUT2D eigenvalue weighted by molar-refractivity contribution is -0.140. The molecule has 0 aliphatic carbocycles. The number of methoxy groups -OCH3 is 1. The van der Waals surface area contributed by atoms with Crippen LogP contribution in [-0.2, 0) is 19.1 Å². The first-order valence-electron chi connectivity index (χ1n) is 11.8. The monoisotopic (exact) mass is 481 g/mol. The second kappa shape index (κ2) is 10.5. The number of aromatic amines is 1. The van der Waals surface area contributed by atoms with E-state index in [2.05, 4.69) is 9.88 Å². The molecule has 2 fully saturated rings.